The van der Waals surface area contributed by atoms with Crippen LogP contribution in [0.2, 0.25) is 0 Å². The molecule has 1 saturated carbocycles. The zero-order chi connectivity index (χ0) is 21.6. The molecule has 9 heteroatoms. The lowest BCUT2D eigenvalue weighted by atomic mass is 9.95. The highest BCUT2D eigenvalue weighted by Gasteiger charge is 2.22. The number of nitrogens with one attached hydrogen (secondary N) is 2. The van der Waals surface area contributed by atoms with E-state index in [0.29, 0.717) is 22.6 Å². The van der Waals surface area contributed by atoms with Crippen LogP contribution in [0.5, 0.6) is 0 Å². The third-order valence-electron chi connectivity index (χ3n) is 5.30. The number of carbonyl (C=O) groups excluding carboxylic acids is 2. The van der Waals surface area contributed by atoms with Crippen LogP contribution in [0.1, 0.15) is 43.0 Å². The molecule has 1 aliphatic carbocycles. The maximum atomic E-state index is 13.2. The Morgan fingerprint density at radius 2 is 1.94 bits per heavy atom. The summed E-state index contributed by atoms with van der Waals surface area (Å²) in [4.78, 5) is 43.2. The van der Waals surface area contributed by atoms with Crippen molar-refractivity contribution in [3.8, 4) is 0 Å². The number of urea groups is 1. The SMILES string of the molecule is O=C(CSc1nc2ccccc2c(=O)n1C1CCCCC1)NC(=O)NCc1cccs1. The highest BCUT2D eigenvalue weighted by Crippen LogP contribution is 2.31. The van der Waals surface area contributed by atoms with Crippen LogP contribution in [0.3, 0.4) is 0 Å². The molecule has 2 aromatic heterocycles. The first-order valence-corrected chi connectivity index (χ1v) is 12.2. The Morgan fingerprint density at radius 3 is 2.71 bits per heavy atom. The number of rotatable bonds is 6. The highest BCUT2D eigenvalue weighted by molar-refractivity contribution is 7.99. The Morgan fingerprint density at radius 1 is 1.13 bits per heavy atom. The Balaban J connectivity index is 1.46. The molecule has 162 valence electrons. The number of hydrogen-bond acceptors (Lipinski definition) is 6. The first kappa shape index (κ1) is 21.6. The smallest absolute Gasteiger partial charge is 0.321 e. The first-order chi connectivity index (χ1) is 15.1. The van der Waals surface area contributed by atoms with Crippen LogP contribution in [0, 0.1) is 0 Å². The van der Waals surface area contributed by atoms with Gasteiger partial charge in [-0.05, 0) is 36.4 Å². The van der Waals surface area contributed by atoms with Crippen molar-refractivity contribution in [2.24, 2.45) is 0 Å². The van der Waals surface area contributed by atoms with Gasteiger partial charge in [0.05, 0.1) is 23.2 Å². The van der Waals surface area contributed by atoms with Gasteiger partial charge < -0.3 is 5.32 Å². The second-order valence-corrected chi connectivity index (χ2v) is 9.45. The van der Waals surface area contributed by atoms with Crippen molar-refractivity contribution in [3.05, 3.63) is 57.0 Å². The third-order valence-corrected chi connectivity index (χ3v) is 7.13. The molecule has 3 aromatic rings. The number of thioether (sulfide) groups is 1. The lowest BCUT2D eigenvalue weighted by Crippen LogP contribution is -2.40. The number of amides is 3. The first-order valence-electron chi connectivity index (χ1n) is 10.4. The third kappa shape index (κ3) is 5.34. The van der Waals surface area contributed by atoms with Gasteiger partial charge in [0, 0.05) is 10.9 Å². The molecule has 0 atom stereocenters. The molecule has 0 radical (unpaired) electrons. The van der Waals surface area contributed by atoms with Crippen LogP contribution < -0.4 is 16.2 Å². The summed E-state index contributed by atoms with van der Waals surface area (Å²) in [5, 5.41) is 8.07. The predicted octanol–water partition coefficient (Wildman–Crippen LogP) is 4.08. The van der Waals surface area contributed by atoms with Gasteiger partial charge in [0.1, 0.15) is 0 Å². The number of fused-ring (bicyclic) bond motifs is 1. The van der Waals surface area contributed by atoms with Gasteiger partial charge >= 0.3 is 6.03 Å². The van der Waals surface area contributed by atoms with Gasteiger partial charge in [-0.2, -0.15) is 0 Å². The fourth-order valence-electron chi connectivity index (χ4n) is 3.81. The fourth-order valence-corrected chi connectivity index (χ4v) is 5.32. The molecule has 0 saturated heterocycles. The van der Waals surface area contributed by atoms with Crippen molar-refractivity contribution in [2.45, 2.75) is 49.8 Å². The summed E-state index contributed by atoms with van der Waals surface area (Å²) in [6.07, 6.45) is 5.21. The number of aromatic nitrogens is 2. The maximum absolute atomic E-state index is 13.2. The minimum absolute atomic E-state index is 0.00389. The molecular formula is C22H24N4O3S2. The Labute approximate surface area is 188 Å². The Bertz CT molecular complexity index is 1120. The number of thiophene rings is 1. The minimum Gasteiger partial charge on any atom is -0.333 e. The number of nitrogens with zero attached hydrogens (tertiary/aromatic N) is 2. The number of benzene rings is 1. The standard InChI is InChI=1S/C22H24N4O3S2/c27-19(25-21(29)23-13-16-9-6-12-30-16)14-31-22-24-18-11-5-4-10-17(18)20(28)26(22)15-7-2-1-3-8-15/h4-6,9-12,15H,1-3,7-8,13-14H2,(H2,23,25,27,29). The van der Waals surface area contributed by atoms with E-state index in [0.717, 1.165) is 30.6 Å². The van der Waals surface area contributed by atoms with Crippen LogP contribution in [-0.2, 0) is 11.3 Å². The van der Waals surface area contributed by atoms with E-state index in [2.05, 4.69) is 15.6 Å². The second kappa shape index (κ2) is 10.1. The lowest BCUT2D eigenvalue weighted by molar-refractivity contribution is -0.117. The summed E-state index contributed by atoms with van der Waals surface area (Å²) < 4.78 is 1.76. The van der Waals surface area contributed by atoms with Crippen LogP contribution in [0.4, 0.5) is 4.79 Å². The number of imide groups is 1. The molecule has 0 bridgehead atoms. The van der Waals surface area contributed by atoms with Crippen molar-refractivity contribution >= 4 is 45.9 Å². The van der Waals surface area contributed by atoms with Gasteiger partial charge in [-0.25, -0.2) is 9.78 Å². The zero-order valence-electron chi connectivity index (χ0n) is 17.0. The summed E-state index contributed by atoms with van der Waals surface area (Å²) in [6.45, 7) is 0.372. The molecule has 1 fully saturated rings. The van der Waals surface area contributed by atoms with Crippen molar-refractivity contribution in [1.29, 1.82) is 0 Å². The van der Waals surface area contributed by atoms with Crippen LogP contribution in [0.15, 0.2) is 51.7 Å². The van der Waals surface area contributed by atoms with E-state index in [1.165, 1.54) is 29.5 Å². The number of para-hydroxylation sites is 1. The molecule has 0 aliphatic heterocycles. The van der Waals surface area contributed by atoms with Gasteiger partial charge in [-0.15, -0.1) is 11.3 Å². The van der Waals surface area contributed by atoms with Crippen LogP contribution >= 0.6 is 23.1 Å². The molecule has 0 unspecified atom stereocenters. The second-order valence-electron chi connectivity index (χ2n) is 7.48. The van der Waals surface area contributed by atoms with Gasteiger partial charge in [0.2, 0.25) is 5.91 Å². The van der Waals surface area contributed by atoms with Crippen molar-refractivity contribution in [1.82, 2.24) is 20.2 Å². The fraction of sp³-hybridized carbons (Fsp3) is 0.364. The average molecular weight is 457 g/mol. The van der Waals surface area contributed by atoms with Crippen molar-refractivity contribution in [2.75, 3.05) is 5.75 Å². The van der Waals surface area contributed by atoms with Gasteiger partial charge in [-0.3, -0.25) is 19.5 Å². The van der Waals surface area contributed by atoms with Gasteiger partial charge in [0.25, 0.3) is 5.56 Å². The van der Waals surface area contributed by atoms with E-state index in [1.54, 1.807) is 10.6 Å². The summed E-state index contributed by atoms with van der Waals surface area (Å²) >= 11 is 2.73. The monoisotopic (exact) mass is 456 g/mol. The van der Waals surface area contributed by atoms with Crippen LogP contribution in [0.25, 0.3) is 10.9 Å². The Hall–Kier alpha value is -2.65. The number of carbonyl (C=O) groups is 2. The van der Waals surface area contributed by atoms with E-state index in [1.807, 2.05) is 35.7 Å². The van der Waals surface area contributed by atoms with E-state index in [-0.39, 0.29) is 17.4 Å². The largest absolute Gasteiger partial charge is 0.333 e. The molecule has 7 nitrogen and oxygen atoms in total. The number of hydrogen-bond donors (Lipinski definition) is 2. The van der Waals surface area contributed by atoms with Crippen molar-refractivity contribution in [3.63, 3.8) is 0 Å². The lowest BCUT2D eigenvalue weighted by Gasteiger charge is -2.26. The molecule has 31 heavy (non-hydrogen) atoms. The summed E-state index contributed by atoms with van der Waals surface area (Å²) in [6, 6.07) is 10.7. The summed E-state index contributed by atoms with van der Waals surface area (Å²) in [7, 11) is 0. The molecule has 2 N–H and O–H groups in total. The van der Waals surface area contributed by atoms with E-state index in [9.17, 15) is 14.4 Å². The van der Waals surface area contributed by atoms with Crippen molar-refractivity contribution < 1.29 is 9.59 Å². The molecule has 0 spiro atoms. The normalized spacial score (nSPS) is 14.5. The van der Waals surface area contributed by atoms with E-state index >= 15 is 0 Å². The molecule has 1 aromatic carbocycles. The van der Waals surface area contributed by atoms with E-state index in [4.69, 9.17) is 0 Å². The van der Waals surface area contributed by atoms with Gasteiger partial charge in [0.15, 0.2) is 5.16 Å². The van der Waals surface area contributed by atoms with E-state index < -0.39 is 11.9 Å². The molecule has 1 aliphatic rings. The summed E-state index contributed by atoms with van der Waals surface area (Å²) in [5.74, 6) is -0.421. The minimum atomic E-state index is -0.532. The van der Waals surface area contributed by atoms with Crippen LogP contribution in [-0.4, -0.2) is 27.2 Å². The predicted molar refractivity (Wildman–Crippen MR) is 124 cm³/mol. The van der Waals surface area contributed by atoms with Gasteiger partial charge in [-0.1, -0.05) is 49.2 Å². The molecule has 2 heterocycles. The Kier molecular flexibility index (Phi) is 7.03. The molecule has 3 amide bonds. The highest BCUT2D eigenvalue weighted by atomic mass is 32.2. The quantitative estimate of drug-likeness (QED) is 0.431. The molecule has 4 rings (SSSR count). The topological polar surface area (TPSA) is 93.1 Å². The molecular weight excluding hydrogens is 432 g/mol. The zero-order valence-corrected chi connectivity index (χ0v) is 18.6. The average Bonchev–Trinajstić information content (AvgIpc) is 3.31. The maximum Gasteiger partial charge on any atom is 0.321 e. The summed E-state index contributed by atoms with van der Waals surface area (Å²) in [5.41, 5.74) is 0.560.